The Morgan fingerprint density at radius 3 is 2.70 bits per heavy atom. The topological polar surface area (TPSA) is 64.3 Å². The molecule has 0 amide bonds. The van der Waals surface area contributed by atoms with Gasteiger partial charge in [0.2, 0.25) is 0 Å². The molecule has 110 valence electrons. The molecule has 2 rings (SSSR count). The van der Waals surface area contributed by atoms with Gasteiger partial charge in [-0.2, -0.15) is 0 Å². The highest BCUT2D eigenvalue weighted by Gasteiger charge is 2.19. The number of carbonyl (C=O) groups is 1. The average molecular weight is 276 g/mol. The van der Waals surface area contributed by atoms with Crippen molar-refractivity contribution in [2.75, 3.05) is 17.7 Å². The van der Waals surface area contributed by atoms with Crippen LogP contribution < -0.4 is 11.1 Å². The maximum Gasteiger partial charge on any atom is 0.338 e. The van der Waals surface area contributed by atoms with Crippen LogP contribution in [0.4, 0.5) is 11.4 Å². The molecule has 0 atom stereocenters. The van der Waals surface area contributed by atoms with Gasteiger partial charge in [-0.3, -0.25) is 0 Å². The average Bonchev–Trinajstić information content (AvgIpc) is 2.44. The number of esters is 1. The van der Waals surface area contributed by atoms with Crippen molar-refractivity contribution >= 4 is 17.3 Å². The SMILES string of the molecule is CCOC(=O)c1ccc(N)c(NC2CCC(C)CC2)c1. The van der Waals surface area contributed by atoms with Crippen molar-refractivity contribution < 1.29 is 9.53 Å². The Balaban J connectivity index is 2.06. The van der Waals surface area contributed by atoms with Gasteiger partial charge in [-0.05, 0) is 56.7 Å². The van der Waals surface area contributed by atoms with Crippen LogP contribution in [0.2, 0.25) is 0 Å². The number of rotatable bonds is 4. The number of benzene rings is 1. The zero-order valence-corrected chi connectivity index (χ0v) is 12.3. The van der Waals surface area contributed by atoms with E-state index in [0.717, 1.165) is 24.4 Å². The molecule has 4 heteroatoms. The van der Waals surface area contributed by atoms with Gasteiger partial charge in [0, 0.05) is 6.04 Å². The normalized spacial score (nSPS) is 22.3. The standard InChI is InChI=1S/C16H24N2O2/c1-3-20-16(19)12-6-9-14(17)15(10-12)18-13-7-4-11(2)5-8-13/h6,9-11,13,18H,3-5,7-8,17H2,1-2H3. The summed E-state index contributed by atoms with van der Waals surface area (Å²) in [6.07, 6.45) is 4.80. The first-order chi connectivity index (χ1) is 9.60. The molecule has 0 heterocycles. The molecule has 1 aliphatic carbocycles. The molecular weight excluding hydrogens is 252 g/mol. The van der Waals surface area contributed by atoms with Gasteiger partial charge in [0.25, 0.3) is 0 Å². The lowest BCUT2D eigenvalue weighted by Gasteiger charge is -2.28. The van der Waals surface area contributed by atoms with Crippen molar-refractivity contribution in [1.82, 2.24) is 0 Å². The summed E-state index contributed by atoms with van der Waals surface area (Å²) >= 11 is 0. The van der Waals surface area contributed by atoms with Crippen LogP contribution in [0, 0.1) is 5.92 Å². The Kier molecular flexibility index (Phi) is 4.88. The van der Waals surface area contributed by atoms with E-state index in [0.29, 0.717) is 23.9 Å². The van der Waals surface area contributed by atoms with Gasteiger partial charge in [-0.1, -0.05) is 6.92 Å². The fourth-order valence-electron chi connectivity index (χ4n) is 2.65. The van der Waals surface area contributed by atoms with Crippen LogP contribution >= 0.6 is 0 Å². The second-order valence-corrected chi connectivity index (χ2v) is 5.62. The molecule has 0 aliphatic heterocycles. The number of ether oxygens (including phenoxy) is 1. The number of nitrogens with one attached hydrogen (secondary N) is 1. The smallest absolute Gasteiger partial charge is 0.338 e. The third-order valence-electron chi connectivity index (χ3n) is 3.94. The Bertz CT molecular complexity index is 466. The van der Waals surface area contributed by atoms with Gasteiger partial charge >= 0.3 is 5.97 Å². The summed E-state index contributed by atoms with van der Waals surface area (Å²) in [5.74, 6) is 0.518. The molecule has 0 radical (unpaired) electrons. The molecule has 1 aromatic rings. The summed E-state index contributed by atoms with van der Waals surface area (Å²) in [6.45, 7) is 4.48. The van der Waals surface area contributed by atoms with Gasteiger partial charge in [-0.15, -0.1) is 0 Å². The van der Waals surface area contributed by atoms with Crippen LogP contribution in [0.15, 0.2) is 18.2 Å². The summed E-state index contributed by atoms with van der Waals surface area (Å²) in [5.41, 5.74) is 8.06. The minimum atomic E-state index is -0.298. The number of nitrogen functional groups attached to an aromatic ring is 1. The van der Waals surface area contributed by atoms with Crippen molar-refractivity contribution in [3.05, 3.63) is 23.8 Å². The molecule has 4 nitrogen and oxygen atoms in total. The fourth-order valence-corrected chi connectivity index (χ4v) is 2.65. The summed E-state index contributed by atoms with van der Waals surface area (Å²) < 4.78 is 5.02. The molecule has 0 aromatic heterocycles. The highest BCUT2D eigenvalue weighted by Crippen LogP contribution is 2.28. The second kappa shape index (κ2) is 6.64. The summed E-state index contributed by atoms with van der Waals surface area (Å²) in [5, 5.41) is 3.47. The van der Waals surface area contributed by atoms with E-state index in [1.54, 1.807) is 25.1 Å². The van der Waals surface area contributed by atoms with E-state index in [2.05, 4.69) is 12.2 Å². The number of carbonyl (C=O) groups excluding carboxylic acids is 1. The molecule has 0 spiro atoms. The Morgan fingerprint density at radius 2 is 2.05 bits per heavy atom. The zero-order valence-electron chi connectivity index (χ0n) is 12.3. The summed E-state index contributed by atoms with van der Waals surface area (Å²) in [4.78, 5) is 11.8. The molecule has 1 saturated carbocycles. The largest absolute Gasteiger partial charge is 0.462 e. The second-order valence-electron chi connectivity index (χ2n) is 5.62. The third kappa shape index (κ3) is 3.65. The molecule has 1 fully saturated rings. The van der Waals surface area contributed by atoms with E-state index in [9.17, 15) is 4.79 Å². The molecule has 1 aromatic carbocycles. The molecule has 0 bridgehead atoms. The number of hydrogen-bond acceptors (Lipinski definition) is 4. The quantitative estimate of drug-likeness (QED) is 0.653. The number of anilines is 2. The van der Waals surface area contributed by atoms with E-state index in [1.807, 2.05) is 0 Å². The van der Waals surface area contributed by atoms with Gasteiger partial charge in [-0.25, -0.2) is 4.79 Å². The van der Waals surface area contributed by atoms with Crippen LogP contribution in [0.1, 0.15) is 49.9 Å². The fraction of sp³-hybridized carbons (Fsp3) is 0.562. The highest BCUT2D eigenvalue weighted by molar-refractivity contribution is 5.92. The minimum absolute atomic E-state index is 0.298. The van der Waals surface area contributed by atoms with Crippen LogP contribution in [0.25, 0.3) is 0 Å². The van der Waals surface area contributed by atoms with Crippen LogP contribution in [-0.4, -0.2) is 18.6 Å². The molecule has 0 unspecified atom stereocenters. The maximum absolute atomic E-state index is 11.8. The van der Waals surface area contributed by atoms with E-state index < -0.39 is 0 Å². The number of nitrogens with two attached hydrogens (primary N) is 1. The van der Waals surface area contributed by atoms with E-state index >= 15 is 0 Å². The first kappa shape index (κ1) is 14.7. The van der Waals surface area contributed by atoms with Crippen molar-refractivity contribution in [1.29, 1.82) is 0 Å². The van der Waals surface area contributed by atoms with Crippen molar-refractivity contribution in [2.45, 2.75) is 45.6 Å². The predicted molar refractivity (Wildman–Crippen MR) is 81.9 cm³/mol. The maximum atomic E-state index is 11.8. The van der Waals surface area contributed by atoms with Crippen LogP contribution in [-0.2, 0) is 4.74 Å². The number of hydrogen-bond donors (Lipinski definition) is 2. The lowest BCUT2D eigenvalue weighted by molar-refractivity contribution is 0.0526. The summed E-state index contributed by atoms with van der Waals surface area (Å²) in [6, 6.07) is 5.72. The third-order valence-corrected chi connectivity index (χ3v) is 3.94. The van der Waals surface area contributed by atoms with E-state index in [-0.39, 0.29) is 5.97 Å². The van der Waals surface area contributed by atoms with Crippen LogP contribution in [0.3, 0.4) is 0 Å². The zero-order chi connectivity index (χ0) is 14.5. The van der Waals surface area contributed by atoms with Crippen LogP contribution in [0.5, 0.6) is 0 Å². The van der Waals surface area contributed by atoms with Crippen molar-refractivity contribution in [3.8, 4) is 0 Å². The summed E-state index contributed by atoms with van der Waals surface area (Å²) in [7, 11) is 0. The lowest BCUT2D eigenvalue weighted by Crippen LogP contribution is -2.25. The van der Waals surface area contributed by atoms with Gasteiger partial charge < -0.3 is 15.8 Å². The van der Waals surface area contributed by atoms with Crippen molar-refractivity contribution in [2.24, 2.45) is 5.92 Å². The molecule has 0 saturated heterocycles. The van der Waals surface area contributed by atoms with E-state index in [1.165, 1.54) is 12.8 Å². The van der Waals surface area contributed by atoms with Crippen molar-refractivity contribution in [3.63, 3.8) is 0 Å². The Labute approximate surface area is 120 Å². The molecule has 20 heavy (non-hydrogen) atoms. The van der Waals surface area contributed by atoms with Gasteiger partial charge in [0.1, 0.15) is 0 Å². The lowest BCUT2D eigenvalue weighted by atomic mass is 9.87. The van der Waals surface area contributed by atoms with E-state index in [4.69, 9.17) is 10.5 Å². The van der Waals surface area contributed by atoms with Gasteiger partial charge in [0.05, 0.1) is 23.5 Å². The Hall–Kier alpha value is -1.71. The first-order valence-corrected chi connectivity index (χ1v) is 7.43. The minimum Gasteiger partial charge on any atom is -0.462 e. The predicted octanol–water partition coefficient (Wildman–Crippen LogP) is 3.44. The highest BCUT2D eigenvalue weighted by atomic mass is 16.5. The molecule has 3 N–H and O–H groups in total. The first-order valence-electron chi connectivity index (χ1n) is 7.43. The molecule has 1 aliphatic rings. The van der Waals surface area contributed by atoms with Gasteiger partial charge in [0.15, 0.2) is 0 Å². The Morgan fingerprint density at radius 1 is 1.35 bits per heavy atom. The molecular formula is C16H24N2O2. The monoisotopic (exact) mass is 276 g/mol.